The van der Waals surface area contributed by atoms with Crippen LogP contribution in [0.5, 0.6) is 5.75 Å². The molecule has 0 spiro atoms. The first-order valence-corrected chi connectivity index (χ1v) is 9.11. The predicted molar refractivity (Wildman–Crippen MR) is 96.7 cm³/mol. The summed E-state index contributed by atoms with van der Waals surface area (Å²) in [7, 11) is 1.67. The molecule has 1 aromatic rings. The molecule has 1 saturated heterocycles. The van der Waals surface area contributed by atoms with E-state index >= 15 is 0 Å². The van der Waals surface area contributed by atoms with Gasteiger partial charge in [-0.25, -0.2) is 0 Å². The highest BCUT2D eigenvalue weighted by molar-refractivity contribution is 5.76. The van der Waals surface area contributed by atoms with Crippen molar-refractivity contribution in [3.8, 4) is 5.75 Å². The Balaban J connectivity index is 1.84. The fourth-order valence-corrected chi connectivity index (χ4v) is 3.60. The lowest BCUT2D eigenvalue weighted by Gasteiger charge is -2.33. The number of benzene rings is 1. The van der Waals surface area contributed by atoms with Gasteiger partial charge in [0.05, 0.1) is 7.11 Å². The van der Waals surface area contributed by atoms with Crippen LogP contribution in [0.2, 0.25) is 0 Å². The molecule has 2 atom stereocenters. The molecule has 25 heavy (non-hydrogen) atoms. The largest absolute Gasteiger partial charge is 0.496 e. The molecule has 0 aromatic heterocycles. The maximum absolute atomic E-state index is 12.6. The van der Waals surface area contributed by atoms with Crippen molar-refractivity contribution < 1.29 is 19.4 Å². The van der Waals surface area contributed by atoms with E-state index in [0.717, 1.165) is 37.1 Å². The van der Waals surface area contributed by atoms with Gasteiger partial charge in [-0.1, -0.05) is 25.1 Å². The van der Waals surface area contributed by atoms with E-state index in [1.807, 2.05) is 29.2 Å². The van der Waals surface area contributed by atoms with Crippen LogP contribution in [0.25, 0.3) is 0 Å². The fraction of sp³-hybridized carbons (Fsp3) is 0.600. The zero-order chi connectivity index (χ0) is 18.2. The van der Waals surface area contributed by atoms with Crippen LogP contribution in [-0.4, -0.2) is 42.1 Å². The number of carboxylic acids is 1. The van der Waals surface area contributed by atoms with E-state index in [2.05, 4.69) is 6.92 Å². The van der Waals surface area contributed by atoms with E-state index in [1.54, 1.807) is 7.11 Å². The summed E-state index contributed by atoms with van der Waals surface area (Å²) in [5, 5.41) is 8.83. The van der Waals surface area contributed by atoms with Crippen LogP contribution >= 0.6 is 0 Å². The number of rotatable bonds is 8. The van der Waals surface area contributed by atoms with Crippen molar-refractivity contribution in [2.24, 2.45) is 11.8 Å². The highest BCUT2D eigenvalue weighted by atomic mass is 16.5. The molecular formula is C20H29NO4. The number of methoxy groups -OCH3 is 1. The Morgan fingerprint density at radius 2 is 2.12 bits per heavy atom. The van der Waals surface area contributed by atoms with Crippen molar-refractivity contribution in [2.75, 3.05) is 20.2 Å². The topological polar surface area (TPSA) is 66.8 Å². The van der Waals surface area contributed by atoms with E-state index in [1.165, 1.54) is 0 Å². The molecule has 138 valence electrons. The van der Waals surface area contributed by atoms with Gasteiger partial charge in [0.2, 0.25) is 5.91 Å². The number of likely N-dealkylation sites (tertiary alicyclic amines) is 1. The molecule has 1 amide bonds. The van der Waals surface area contributed by atoms with Crippen molar-refractivity contribution in [3.05, 3.63) is 29.8 Å². The number of hydrogen-bond donors (Lipinski definition) is 1. The summed E-state index contributed by atoms with van der Waals surface area (Å²) < 4.78 is 5.38. The molecule has 5 heteroatoms. The lowest BCUT2D eigenvalue weighted by atomic mass is 9.92. The summed E-state index contributed by atoms with van der Waals surface area (Å²) in [6.45, 7) is 3.59. The summed E-state index contributed by atoms with van der Waals surface area (Å²) in [6, 6.07) is 7.93. The first-order valence-electron chi connectivity index (χ1n) is 9.11. The van der Waals surface area contributed by atoms with E-state index in [0.29, 0.717) is 25.3 Å². The normalized spacial score (nSPS) is 18.6. The van der Waals surface area contributed by atoms with Crippen LogP contribution in [0.3, 0.4) is 0 Å². The van der Waals surface area contributed by atoms with E-state index < -0.39 is 5.97 Å². The van der Waals surface area contributed by atoms with Crippen LogP contribution < -0.4 is 4.74 Å². The molecule has 0 aliphatic carbocycles. The van der Waals surface area contributed by atoms with Crippen molar-refractivity contribution in [1.29, 1.82) is 0 Å². The molecule has 5 nitrogen and oxygen atoms in total. The Morgan fingerprint density at radius 1 is 1.36 bits per heavy atom. The molecule has 2 rings (SSSR count). The van der Waals surface area contributed by atoms with Gasteiger partial charge in [-0.05, 0) is 49.1 Å². The van der Waals surface area contributed by atoms with E-state index in [-0.39, 0.29) is 18.2 Å². The molecule has 1 aromatic carbocycles. The van der Waals surface area contributed by atoms with Crippen LogP contribution in [0.15, 0.2) is 24.3 Å². The van der Waals surface area contributed by atoms with Gasteiger partial charge in [-0.3, -0.25) is 9.59 Å². The van der Waals surface area contributed by atoms with E-state index in [4.69, 9.17) is 9.84 Å². The summed E-state index contributed by atoms with van der Waals surface area (Å²) in [6.07, 6.45) is 4.17. The molecule has 0 unspecified atom stereocenters. The Kier molecular flexibility index (Phi) is 7.29. The molecule has 0 radical (unpaired) electrons. The molecule has 1 aliphatic rings. The van der Waals surface area contributed by atoms with Gasteiger partial charge in [0.1, 0.15) is 5.75 Å². The lowest BCUT2D eigenvalue weighted by Crippen LogP contribution is -2.40. The smallest absolute Gasteiger partial charge is 0.303 e. The number of carbonyl (C=O) groups excluding carboxylic acids is 1. The maximum Gasteiger partial charge on any atom is 0.303 e. The summed E-state index contributed by atoms with van der Waals surface area (Å²) in [5.74, 6) is 0.853. The minimum Gasteiger partial charge on any atom is -0.496 e. The van der Waals surface area contributed by atoms with Gasteiger partial charge >= 0.3 is 5.97 Å². The average Bonchev–Trinajstić information content (AvgIpc) is 2.60. The molecular weight excluding hydrogens is 318 g/mol. The number of amides is 1. The highest BCUT2D eigenvalue weighted by Gasteiger charge is 2.25. The van der Waals surface area contributed by atoms with Crippen LogP contribution in [-0.2, 0) is 16.0 Å². The number of carboxylic acid groups (broad SMARTS) is 1. The molecule has 1 heterocycles. The fourth-order valence-electron chi connectivity index (χ4n) is 3.60. The highest BCUT2D eigenvalue weighted by Crippen LogP contribution is 2.25. The molecule has 1 aliphatic heterocycles. The zero-order valence-corrected chi connectivity index (χ0v) is 15.2. The minimum absolute atomic E-state index is 0.183. The number of ether oxygens (including phenoxy) is 1. The monoisotopic (exact) mass is 347 g/mol. The standard InChI is InChI=1S/C20H29NO4/c1-15(12-17-7-3-4-8-18(17)25-2)13-19(22)21-11-5-6-16(14-21)9-10-20(23)24/h3-4,7-8,15-16H,5-6,9-14H2,1-2H3,(H,23,24)/t15-,16+/m0/s1. The number of nitrogens with zero attached hydrogens (tertiary/aromatic N) is 1. The second kappa shape index (κ2) is 9.44. The van der Waals surface area contributed by atoms with Crippen LogP contribution in [0.4, 0.5) is 0 Å². The van der Waals surface area contributed by atoms with Crippen molar-refractivity contribution in [1.82, 2.24) is 4.90 Å². The first-order chi connectivity index (χ1) is 12.0. The molecule has 0 bridgehead atoms. The van der Waals surface area contributed by atoms with Crippen molar-refractivity contribution in [3.63, 3.8) is 0 Å². The minimum atomic E-state index is -0.756. The van der Waals surface area contributed by atoms with Crippen molar-refractivity contribution in [2.45, 2.75) is 45.4 Å². The van der Waals surface area contributed by atoms with Gasteiger partial charge in [0.15, 0.2) is 0 Å². The number of aliphatic carboxylic acids is 1. The Morgan fingerprint density at radius 3 is 2.84 bits per heavy atom. The number of hydrogen-bond acceptors (Lipinski definition) is 3. The first kappa shape index (κ1) is 19.3. The Labute approximate surface area is 150 Å². The Bertz CT molecular complexity index is 587. The Hall–Kier alpha value is -2.04. The van der Waals surface area contributed by atoms with Crippen LogP contribution in [0.1, 0.15) is 44.6 Å². The zero-order valence-electron chi connectivity index (χ0n) is 15.2. The SMILES string of the molecule is COc1ccccc1C[C@H](C)CC(=O)N1CCC[C@H](CCC(=O)O)C1. The number of para-hydroxylation sites is 1. The van der Waals surface area contributed by atoms with Gasteiger partial charge in [0.25, 0.3) is 0 Å². The number of piperidine rings is 1. The quantitative estimate of drug-likeness (QED) is 0.783. The second-order valence-electron chi connectivity index (χ2n) is 7.11. The third-order valence-electron chi connectivity index (χ3n) is 4.92. The predicted octanol–water partition coefficient (Wildman–Crippen LogP) is 3.37. The summed E-state index contributed by atoms with van der Waals surface area (Å²) in [4.78, 5) is 25.3. The third kappa shape index (κ3) is 6.07. The summed E-state index contributed by atoms with van der Waals surface area (Å²) >= 11 is 0. The molecule has 0 saturated carbocycles. The second-order valence-corrected chi connectivity index (χ2v) is 7.11. The van der Waals surface area contributed by atoms with Crippen molar-refractivity contribution >= 4 is 11.9 Å². The number of carbonyl (C=O) groups is 2. The van der Waals surface area contributed by atoms with E-state index in [9.17, 15) is 9.59 Å². The summed E-state index contributed by atoms with van der Waals surface area (Å²) in [5.41, 5.74) is 1.13. The van der Waals surface area contributed by atoms with Gasteiger partial charge in [-0.15, -0.1) is 0 Å². The average molecular weight is 347 g/mol. The van der Waals surface area contributed by atoms with Gasteiger partial charge in [-0.2, -0.15) is 0 Å². The molecule has 1 N–H and O–H groups in total. The van der Waals surface area contributed by atoms with Crippen LogP contribution in [0, 0.1) is 11.8 Å². The van der Waals surface area contributed by atoms with Gasteiger partial charge < -0.3 is 14.7 Å². The lowest BCUT2D eigenvalue weighted by molar-refractivity contribution is -0.137. The third-order valence-corrected chi connectivity index (χ3v) is 4.92. The maximum atomic E-state index is 12.6. The molecule has 1 fully saturated rings. The van der Waals surface area contributed by atoms with Gasteiger partial charge in [0, 0.05) is 25.9 Å².